The van der Waals surface area contributed by atoms with Crippen molar-refractivity contribution in [2.45, 2.75) is 6.61 Å². The molecular weight excluding hydrogens is 387 g/mol. The number of amides is 1. The molecule has 142 valence electrons. The van der Waals surface area contributed by atoms with Gasteiger partial charge in [-0.1, -0.05) is 35.9 Å². The normalized spacial score (nSPS) is 10.4. The van der Waals surface area contributed by atoms with Gasteiger partial charge < -0.3 is 10.1 Å². The van der Waals surface area contributed by atoms with Gasteiger partial charge in [0.25, 0.3) is 11.6 Å². The van der Waals surface area contributed by atoms with Gasteiger partial charge in [-0.3, -0.25) is 14.9 Å². The van der Waals surface area contributed by atoms with Gasteiger partial charge in [0.1, 0.15) is 23.2 Å². The Bertz CT molecular complexity index is 1020. The van der Waals surface area contributed by atoms with Crippen LogP contribution < -0.4 is 10.1 Å². The van der Waals surface area contributed by atoms with E-state index in [4.69, 9.17) is 16.3 Å². The zero-order valence-corrected chi connectivity index (χ0v) is 15.2. The van der Waals surface area contributed by atoms with Gasteiger partial charge >= 0.3 is 0 Å². The van der Waals surface area contributed by atoms with E-state index in [1.807, 2.05) is 0 Å². The minimum atomic E-state index is -0.627. The van der Waals surface area contributed by atoms with Crippen molar-refractivity contribution in [3.8, 4) is 5.75 Å². The van der Waals surface area contributed by atoms with Crippen molar-refractivity contribution in [2.24, 2.45) is 0 Å². The molecule has 3 aromatic rings. The largest absolute Gasteiger partial charge is 0.488 e. The summed E-state index contributed by atoms with van der Waals surface area (Å²) in [5.74, 6) is -0.514. The Morgan fingerprint density at radius 3 is 2.54 bits per heavy atom. The fourth-order valence-electron chi connectivity index (χ4n) is 2.45. The molecule has 6 nitrogen and oxygen atoms in total. The number of para-hydroxylation sites is 1. The fourth-order valence-corrected chi connectivity index (χ4v) is 2.64. The lowest BCUT2D eigenvalue weighted by molar-refractivity contribution is -0.384. The number of nitro benzene ring substituents is 1. The molecule has 0 aromatic heterocycles. The maximum Gasteiger partial charge on any atom is 0.289 e. The van der Waals surface area contributed by atoms with Gasteiger partial charge in [0.05, 0.1) is 10.5 Å². The molecule has 0 aliphatic carbocycles. The van der Waals surface area contributed by atoms with Crippen LogP contribution in [0.4, 0.5) is 15.8 Å². The lowest BCUT2D eigenvalue weighted by atomic mass is 10.1. The predicted octanol–water partition coefficient (Wildman–Crippen LogP) is 5.22. The quantitative estimate of drug-likeness (QED) is 0.454. The molecule has 1 N–H and O–H groups in total. The van der Waals surface area contributed by atoms with Crippen LogP contribution in [0.1, 0.15) is 15.9 Å². The number of hydrogen-bond acceptors (Lipinski definition) is 4. The number of anilines is 1. The van der Waals surface area contributed by atoms with E-state index < -0.39 is 10.8 Å². The van der Waals surface area contributed by atoms with Crippen LogP contribution in [0.25, 0.3) is 0 Å². The molecule has 0 spiro atoms. The number of benzene rings is 3. The van der Waals surface area contributed by atoms with E-state index in [1.54, 1.807) is 36.4 Å². The highest BCUT2D eigenvalue weighted by Gasteiger charge is 2.16. The Balaban J connectivity index is 1.76. The number of nitrogens with one attached hydrogen (secondary N) is 1. The number of carbonyl (C=O) groups excluding carboxylic acids is 1. The van der Waals surface area contributed by atoms with E-state index in [2.05, 4.69) is 5.32 Å². The number of ether oxygens (including phenoxy) is 1. The van der Waals surface area contributed by atoms with Gasteiger partial charge in [0, 0.05) is 11.8 Å². The molecule has 0 unspecified atom stereocenters. The molecule has 0 saturated carbocycles. The Morgan fingerprint density at radius 1 is 1.11 bits per heavy atom. The molecule has 3 aromatic carbocycles. The van der Waals surface area contributed by atoms with Crippen molar-refractivity contribution in [1.29, 1.82) is 0 Å². The third kappa shape index (κ3) is 4.63. The summed E-state index contributed by atoms with van der Waals surface area (Å²) in [7, 11) is 0. The van der Waals surface area contributed by atoms with Crippen LogP contribution in [0.15, 0.2) is 66.7 Å². The molecule has 3 rings (SSSR count). The van der Waals surface area contributed by atoms with Crippen LogP contribution in [0.5, 0.6) is 5.75 Å². The third-order valence-electron chi connectivity index (χ3n) is 3.84. The molecule has 0 fully saturated rings. The summed E-state index contributed by atoms with van der Waals surface area (Å²) in [6, 6.07) is 16.4. The topological polar surface area (TPSA) is 81.5 Å². The summed E-state index contributed by atoms with van der Waals surface area (Å²) in [4.78, 5) is 23.0. The Hall–Kier alpha value is -3.45. The van der Waals surface area contributed by atoms with Crippen molar-refractivity contribution in [3.63, 3.8) is 0 Å². The molecule has 0 bridgehead atoms. The first-order valence-electron chi connectivity index (χ1n) is 8.15. The number of carbonyl (C=O) groups is 1. The van der Waals surface area contributed by atoms with Gasteiger partial charge in [-0.05, 0) is 42.0 Å². The Kier molecular flexibility index (Phi) is 5.86. The zero-order chi connectivity index (χ0) is 20.1. The van der Waals surface area contributed by atoms with Gasteiger partial charge in [-0.2, -0.15) is 0 Å². The van der Waals surface area contributed by atoms with Crippen LogP contribution >= 0.6 is 11.6 Å². The van der Waals surface area contributed by atoms with Crippen molar-refractivity contribution in [1.82, 2.24) is 0 Å². The van der Waals surface area contributed by atoms with Crippen LogP contribution in [-0.4, -0.2) is 10.8 Å². The maximum atomic E-state index is 13.0. The standard InChI is InChI=1S/C20H14ClFN2O4/c21-17-10-9-15(11-18(17)24(26)27)23-20(25)16-3-1-2-4-19(16)28-12-13-5-7-14(22)8-6-13/h1-11H,12H2,(H,23,25). The first kappa shape index (κ1) is 19.3. The maximum absolute atomic E-state index is 13.0. The summed E-state index contributed by atoms with van der Waals surface area (Å²) in [6.45, 7) is 0.150. The predicted molar refractivity (Wildman–Crippen MR) is 103 cm³/mol. The molecule has 0 saturated heterocycles. The number of nitrogens with zero attached hydrogens (tertiary/aromatic N) is 1. The summed E-state index contributed by atoms with van der Waals surface area (Å²) in [5.41, 5.74) is 0.918. The van der Waals surface area contributed by atoms with Crippen LogP contribution in [0.3, 0.4) is 0 Å². The molecule has 8 heteroatoms. The molecule has 0 aliphatic rings. The first-order valence-corrected chi connectivity index (χ1v) is 8.53. The Labute approximate surface area is 164 Å². The smallest absolute Gasteiger partial charge is 0.289 e. The number of rotatable bonds is 6. The van der Waals surface area contributed by atoms with E-state index in [-0.39, 0.29) is 34.4 Å². The number of hydrogen-bond donors (Lipinski definition) is 1. The molecular formula is C20H14ClFN2O4. The molecule has 0 heterocycles. The third-order valence-corrected chi connectivity index (χ3v) is 4.16. The van der Waals surface area contributed by atoms with E-state index in [9.17, 15) is 19.3 Å². The van der Waals surface area contributed by atoms with Crippen molar-refractivity contribution < 1.29 is 18.8 Å². The monoisotopic (exact) mass is 400 g/mol. The molecule has 0 aliphatic heterocycles. The zero-order valence-electron chi connectivity index (χ0n) is 14.4. The summed E-state index contributed by atoms with van der Waals surface area (Å²) >= 11 is 5.78. The second-order valence-electron chi connectivity index (χ2n) is 5.79. The average molecular weight is 401 g/mol. The van der Waals surface area contributed by atoms with Crippen LogP contribution in [0.2, 0.25) is 5.02 Å². The minimum Gasteiger partial charge on any atom is -0.488 e. The van der Waals surface area contributed by atoms with E-state index in [0.717, 1.165) is 5.56 Å². The van der Waals surface area contributed by atoms with Crippen LogP contribution in [0, 0.1) is 15.9 Å². The summed E-state index contributed by atoms with van der Waals surface area (Å²) < 4.78 is 18.7. The summed E-state index contributed by atoms with van der Waals surface area (Å²) in [6.07, 6.45) is 0. The van der Waals surface area contributed by atoms with Crippen LogP contribution in [-0.2, 0) is 6.61 Å². The highest BCUT2D eigenvalue weighted by Crippen LogP contribution is 2.28. The van der Waals surface area contributed by atoms with E-state index >= 15 is 0 Å². The lowest BCUT2D eigenvalue weighted by Gasteiger charge is -2.12. The highest BCUT2D eigenvalue weighted by molar-refractivity contribution is 6.32. The second kappa shape index (κ2) is 8.49. The van der Waals surface area contributed by atoms with Crippen molar-refractivity contribution >= 4 is 28.9 Å². The van der Waals surface area contributed by atoms with Crippen molar-refractivity contribution in [2.75, 3.05) is 5.32 Å². The highest BCUT2D eigenvalue weighted by atomic mass is 35.5. The number of nitro groups is 1. The van der Waals surface area contributed by atoms with Gasteiger partial charge in [-0.25, -0.2) is 4.39 Å². The van der Waals surface area contributed by atoms with Gasteiger partial charge in [0.2, 0.25) is 0 Å². The van der Waals surface area contributed by atoms with Crippen molar-refractivity contribution in [3.05, 3.63) is 98.8 Å². The van der Waals surface area contributed by atoms with Gasteiger partial charge in [-0.15, -0.1) is 0 Å². The van der Waals surface area contributed by atoms with E-state index in [0.29, 0.717) is 5.75 Å². The molecule has 1 amide bonds. The average Bonchev–Trinajstić information content (AvgIpc) is 2.69. The molecule has 0 atom stereocenters. The fraction of sp³-hybridized carbons (Fsp3) is 0.0500. The van der Waals surface area contributed by atoms with Gasteiger partial charge in [0.15, 0.2) is 0 Å². The second-order valence-corrected chi connectivity index (χ2v) is 6.20. The lowest BCUT2D eigenvalue weighted by Crippen LogP contribution is -2.13. The minimum absolute atomic E-state index is 0.0222. The number of halogens is 2. The Morgan fingerprint density at radius 2 is 1.82 bits per heavy atom. The molecule has 0 radical (unpaired) electrons. The first-order chi connectivity index (χ1) is 13.4. The summed E-state index contributed by atoms with van der Waals surface area (Å²) in [5, 5.41) is 13.6. The molecule has 28 heavy (non-hydrogen) atoms. The van der Waals surface area contributed by atoms with E-state index in [1.165, 1.54) is 30.3 Å². The SMILES string of the molecule is O=C(Nc1ccc(Cl)c([N+](=O)[O-])c1)c1ccccc1OCc1ccc(F)cc1.